The van der Waals surface area contributed by atoms with Crippen LogP contribution < -0.4 is 0 Å². The molecule has 0 atom stereocenters. The van der Waals surface area contributed by atoms with Gasteiger partial charge in [-0.25, -0.2) is 0 Å². The zero-order valence-corrected chi connectivity index (χ0v) is 14.8. The Kier molecular flexibility index (Phi) is 5.66. The normalized spacial score (nSPS) is 18.5. The lowest BCUT2D eigenvalue weighted by Crippen LogP contribution is -2.22. The number of hydrogen-bond donors (Lipinski definition) is 0. The van der Waals surface area contributed by atoms with Gasteiger partial charge in [0.2, 0.25) is 0 Å². The largest absolute Gasteiger partial charge is 0.416 e. The number of Topliss-reactive ketones (excluding diaryl/α,β-unsaturated/α-hetero) is 1. The Morgan fingerprint density at radius 1 is 0.724 bits per heavy atom. The van der Waals surface area contributed by atoms with Gasteiger partial charge in [0.25, 0.3) is 0 Å². The second kappa shape index (κ2) is 7.87. The lowest BCUT2D eigenvalue weighted by atomic mass is 9.97. The fourth-order valence-corrected chi connectivity index (χ4v) is 2.83. The van der Waals surface area contributed by atoms with Crippen molar-refractivity contribution in [3.05, 3.63) is 81.9 Å². The van der Waals surface area contributed by atoms with Crippen LogP contribution in [0, 0.1) is 0 Å². The first-order valence-corrected chi connectivity index (χ1v) is 8.42. The van der Waals surface area contributed by atoms with E-state index in [4.69, 9.17) is 4.74 Å². The molecule has 3 rings (SSSR count). The van der Waals surface area contributed by atoms with Crippen LogP contribution in [0.3, 0.4) is 0 Å². The van der Waals surface area contributed by atoms with E-state index in [0.717, 1.165) is 24.3 Å². The van der Waals surface area contributed by atoms with E-state index in [9.17, 15) is 31.1 Å². The number of alkyl halides is 6. The van der Waals surface area contributed by atoms with Gasteiger partial charge in [-0.2, -0.15) is 26.3 Å². The molecular formula is C21H14F6O2. The lowest BCUT2D eigenvalue weighted by molar-refractivity contribution is -0.138. The van der Waals surface area contributed by atoms with Crippen LogP contribution in [0.25, 0.3) is 12.2 Å². The van der Waals surface area contributed by atoms with E-state index in [-0.39, 0.29) is 35.5 Å². The van der Waals surface area contributed by atoms with Crippen molar-refractivity contribution in [3.63, 3.8) is 0 Å². The highest BCUT2D eigenvalue weighted by Crippen LogP contribution is 2.31. The van der Waals surface area contributed by atoms with E-state index < -0.39 is 29.3 Å². The summed E-state index contributed by atoms with van der Waals surface area (Å²) in [5.41, 5.74) is -1.12. The molecule has 2 aromatic carbocycles. The summed E-state index contributed by atoms with van der Waals surface area (Å²) in [5.74, 6) is -0.480. The number of ketones is 1. The maximum Gasteiger partial charge on any atom is 0.416 e. The molecule has 0 saturated carbocycles. The molecule has 1 saturated heterocycles. The van der Waals surface area contributed by atoms with E-state index in [1.165, 1.54) is 36.4 Å². The topological polar surface area (TPSA) is 26.3 Å². The van der Waals surface area contributed by atoms with E-state index >= 15 is 0 Å². The maximum absolute atomic E-state index is 12.8. The Balaban J connectivity index is 1.90. The van der Waals surface area contributed by atoms with Crippen molar-refractivity contribution < 1.29 is 35.9 Å². The van der Waals surface area contributed by atoms with Gasteiger partial charge in [-0.3, -0.25) is 4.79 Å². The van der Waals surface area contributed by atoms with E-state index in [0.29, 0.717) is 0 Å². The van der Waals surface area contributed by atoms with Gasteiger partial charge in [0.05, 0.1) is 24.3 Å². The number of halogens is 6. The van der Waals surface area contributed by atoms with Crippen LogP contribution in [0.1, 0.15) is 22.3 Å². The van der Waals surface area contributed by atoms with Gasteiger partial charge >= 0.3 is 12.4 Å². The molecule has 0 bridgehead atoms. The summed E-state index contributed by atoms with van der Waals surface area (Å²) in [4.78, 5) is 12.6. The van der Waals surface area contributed by atoms with E-state index in [1.54, 1.807) is 0 Å². The Labute approximate surface area is 162 Å². The molecular weight excluding hydrogens is 398 g/mol. The molecule has 0 N–H and O–H groups in total. The zero-order chi connectivity index (χ0) is 21.2. The van der Waals surface area contributed by atoms with E-state index in [1.807, 2.05) is 0 Å². The number of ether oxygens (including phenoxy) is 1. The minimum atomic E-state index is -4.52. The average molecular weight is 412 g/mol. The first-order chi connectivity index (χ1) is 13.5. The van der Waals surface area contributed by atoms with Crippen molar-refractivity contribution in [2.24, 2.45) is 0 Å². The predicted octanol–water partition coefficient (Wildman–Crippen LogP) is 5.79. The highest BCUT2D eigenvalue weighted by Gasteiger charge is 2.31. The molecule has 0 aliphatic carbocycles. The molecule has 0 spiro atoms. The highest BCUT2D eigenvalue weighted by molar-refractivity contribution is 6.14. The SMILES string of the molecule is O=C1/C(=C/c2cccc(C(F)(F)F)c2)COC/C1=C\c1cccc(C(F)(F)F)c1. The molecule has 2 aromatic rings. The van der Waals surface area contributed by atoms with Crippen LogP contribution in [0.5, 0.6) is 0 Å². The number of benzene rings is 2. The quantitative estimate of drug-likeness (QED) is 0.461. The zero-order valence-electron chi connectivity index (χ0n) is 14.8. The number of carbonyl (C=O) groups excluding carboxylic acids is 1. The van der Waals surface area contributed by atoms with Gasteiger partial charge in [0.15, 0.2) is 5.78 Å². The molecule has 29 heavy (non-hydrogen) atoms. The molecule has 0 amide bonds. The summed E-state index contributed by atoms with van der Waals surface area (Å²) in [6, 6.07) is 8.93. The van der Waals surface area contributed by atoms with Crippen molar-refractivity contribution in [2.75, 3.05) is 13.2 Å². The van der Waals surface area contributed by atoms with Crippen molar-refractivity contribution in [2.45, 2.75) is 12.4 Å². The number of hydrogen-bond acceptors (Lipinski definition) is 2. The summed E-state index contributed by atoms with van der Waals surface area (Å²) in [5, 5.41) is 0. The number of rotatable bonds is 2. The molecule has 2 nitrogen and oxygen atoms in total. The van der Waals surface area contributed by atoms with Gasteiger partial charge in [0, 0.05) is 11.1 Å². The first kappa shape index (κ1) is 20.9. The van der Waals surface area contributed by atoms with Gasteiger partial charge in [-0.05, 0) is 47.5 Å². The molecule has 1 aliphatic heterocycles. The molecule has 0 unspecified atom stereocenters. The van der Waals surface area contributed by atoms with Gasteiger partial charge in [-0.15, -0.1) is 0 Å². The minimum Gasteiger partial charge on any atom is -0.372 e. The van der Waals surface area contributed by atoms with Gasteiger partial charge in [0.1, 0.15) is 0 Å². The number of carbonyl (C=O) groups is 1. The van der Waals surface area contributed by atoms with Crippen LogP contribution in [0.15, 0.2) is 59.7 Å². The van der Waals surface area contributed by atoms with Crippen LogP contribution >= 0.6 is 0 Å². The molecule has 152 valence electrons. The summed E-state index contributed by atoms with van der Waals surface area (Å²) in [7, 11) is 0. The molecule has 0 aromatic heterocycles. The molecule has 0 radical (unpaired) electrons. The van der Waals surface area contributed by atoms with Crippen LogP contribution in [0.2, 0.25) is 0 Å². The Morgan fingerprint density at radius 3 is 1.52 bits per heavy atom. The maximum atomic E-state index is 12.8. The summed E-state index contributed by atoms with van der Waals surface area (Å²) in [6.45, 7) is -0.204. The third-order valence-corrected chi connectivity index (χ3v) is 4.21. The lowest BCUT2D eigenvalue weighted by Gasteiger charge is -2.18. The summed E-state index contributed by atoms with van der Waals surface area (Å²) in [6.07, 6.45) is -6.46. The van der Waals surface area contributed by atoms with Crippen molar-refractivity contribution in [1.29, 1.82) is 0 Å². The smallest absolute Gasteiger partial charge is 0.372 e. The fourth-order valence-electron chi connectivity index (χ4n) is 2.83. The van der Waals surface area contributed by atoms with Crippen molar-refractivity contribution in [1.82, 2.24) is 0 Å². The predicted molar refractivity (Wildman–Crippen MR) is 94.7 cm³/mol. The van der Waals surface area contributed by atoms with Crippen molar-refractivity contribution in [3.8, 4) is 0 Å². The molecule has 1 fully saturated rings. The molecule has 1 aliphatic rings. The molecule has 1 heterocycles. The minimum absolute atomic E-state index is 0.102. The fraction of sp³-hybridized carbons (Fsp3) is 0.190. The van der Waals surface area contributed by atoms with Crippen LogP contribution in [-0.2, 0) is 21.9 Å². The standard InChI is InChI=1S/C21H14F6O2/c22-20(23,24)17-5-1-3-13(9-17)7-15-11-29-12-16(19(15)28)8-14-4-2-6-18(10-14)21(25,26)27/h1-10H,11-12H2/b15-7+,16-8+. The second-order valence-electron chi connectivity index (χ2n) is 6.41. The first-order valence-electron chi connectivity index (χ1n) is 8.42. The summed E-state index contributed by atoms with van der Waals surface area (Å²) >= 11 is 0. The highest BCUT2D eigenvalue weighted by atomic mass is 19.4. The second-order valence-corrected chi connectivity index (χ2v) is 6.41. The van der Waals surface area contributed by atoms with Gasteiger partial charge < -0.3 is 4.74 Å². The third-order valence-electron chi connectivity index (χ3n) is 4.21. The Bertz CT molecular complexity index is 906. The van der Waals surface area contributed by atoms with Gasteiger partial charge in [-0.1, -0.05) is 24.3 Å². The Hall–Kier alpha value is -2.87. The van der Waals surface area contributed by atoms with Crippen LogP contribution in [0.4, 0.5) is 26.3 Å². The Morgan fingerprint density at radius 2 is 1.14 bits per heavy atom. The van der Waals surface area contributed by atoms with Crippen LogP contribution in [-0.4, -0.2) is 19.0 Å². The average Bonchev–Trinajstić information content (AvgIpc) is 2.64. The van der Waals surface area contributed by atoms with E-state index in [2.05, 4.69) is 0 Å². The van der Waals surface area contributed by atoms with Crippen molar-refractivity contribution >= 4 is 17.9 Å². The third kappa shape index (κ3) is 5.14. The monoisotopic (exact) mass is 412 g/mol. The summed E-state index contributed by atoms with van der Waals surface area (Å²) < 4.78 is 82.4. The molecule has 8 heteroatoms.